The van der Waals surface area contributed by atoms with Crippen LogP contribution < -0.4 is 9.64 Å². The number of piperazine rings is 1. The number of hydrogen-bond acceptors (Lipinski definition) is 4. The zero-order valence-electron chi connectivity index (χ0n) is 15.5. The highest BCUT2D eigenvalue weighted by molar-refractivity contribution is 6.34. The fraction of sp³-hybridized carbons (Fsp3) is 0.333. The highest BCUT2D eigenvalue weighted by Crippen LogP contribution is 2.32. The Labute approximate surface area is 168 Å². The van der Waals surface area contributed by atoms with Crippen molar-refractivity contribution in [1.82, 2.24) is 14.7 Å². The fourth-order valence-corrected chi connectivity index (χ4v) is 4.20. The van der Waals surface area contributed by atoms with Crippen LogP contribution in [0, 0.1) is 0 Å². The van der Waals surface area contributed by atoms with Gasteiger partial charge in [0, 0.05) is 44.8 Å². The van der Waals surface area contributed by atoms with Gasteiger partial charge in [-0.3, -0.25) is 4.79 Å². The van der Waals surface area contributed by atoms with Crippen molar-refractivity contribution in [3.05, 3.63) is 53.2 Å². The monoisotopic (exact) mass is 396 g/mol. The molecule has 28 heavy (non-hydrogen) atoms. The maximum Gasteiger partial charge on any atom is 0.276 e. The molecule has 144 valence electrons. The van der Waals surface area contributed by atoms with Crippen molar-refractivity contribution in [2.45, 2.75) is 13.0 Å². The average molecular weight is 397 g/mol. The molecule has 0 saturated carbocycles. The molecule has 0 spiro atoms. The van der Waals surface area contributed by atoms with E-state index in [4.69, 9.17) is 16.3 Å². The summed E-state index contributed by atoms with van der Waals surface area (Å²) in [6, 6.07) is 14.9. The van der Waals surface area contributed by atoms with Crippen molar-refractivity contribution in [2.24, 2.45) is 0 Å². The van der Waals surface area contributed by atoms with E-state index in [9.17, 15) is 4.79 Å². The summed E-state index contributed by atoms with van der Waals surface area (Å²) in [5, 5.41) is 7.19. The third-order valence-corrected chi connectivity index (χ3v) is 5.81. The minimum absolute atomic E-state index is 0.117. The van der Waals surface area contributed by atoms with E-state index in [1.54, 1.807) is 4.68 Å². The minimum atomic E-state index is -0.117. The predicted octanol–water partition coefficient (Wildman–Crippen LogP) is 3.43. The largest absolute Gasteiger partial charge is 0.477 e. The number of benzene rings is 2. The molecule has 5 rings (SSSR count). The molecule has 3 aromatic rings. The third kappa shape index (κ3) is 2.98. The Morgan fingerprint density at radius 2 is 1.79 bits per heavy atom. The topological polar surface area (TPSA) is 50.6 Å². The number of carbonyl (C=O) groups excluding carboxylic acids is 1. The molecule has 3 heterocycles. The molecule has 0 radical (unpaired) electrons. The molecule has 1 saturated heterocycles. The summed E-state index contributed by atoms with van der Waals surface area (Å²) in [6.07, 6.45) is 0.878. The van der Waals surface area contributed by atoms with Gasteiger partial charge >= 0.3 is 0 Å². The third-order valence-electron chi connectivity index (χ3n) is 5.47. The maximum atomic E-state index is 12.9. The van der Waals surface area contributed by atoms with E-state index in [2.05, 4.69) is 52.5 Å². The molecule has 6 nitrogen and oxygen atoms in total. The summed E-state index contributed by atoms with van der Waals surface area (Å²) in [5.41, 5.74) is 1.49. The normalized spacial score (nSPS) is 16.8. The quantitative estimate of drug-likeness (QED) is 0.666. The number of hydrogen-bond donors (Lipinski definition) is 0. The Kier molecular flexibility index (Phi) is 4.36. The molecule has 1 amide bonds. The number of fused-ring (bicyclic) bond motifs is 2. The molecule has 2 aliphatic heterocycles. The van der Waals surface area contributed by atoms with Crippen LogP contribution in [0.1, 0.15) is 16.9 Å². The summed E-state index contributed by atoms with van der Waals surface area (Å²) in [4.78, 5) is 17.1. The molecular formula is C21H21ClN4O2. The summed E-state index contributed by atoms with van der Waals surface area (Å²) in [6.45, 7) is 4.20. The van der Waals surface area contributed by atoms with Gasteiger partial charge in [0.1, 0.15) is 5.02 Å². The molecule has 0 unspecified atom stereocenters. The Hall–Kier alpha value is -2.73. The Morgan fingerprint density at radius 3 is 2.57 bits per heavy atom. The number of amides is 1. The summed E-state index contributed by atoms with van der Waals surface area (Å²) >= 11 is 6.37. The number of aryl methyl sites for hydroxylation is 1. The average Bonchev–Trinajstić information content (AvgIpc) is 3.10. The lowest BCUT2D eigenvalue weighted by atomic mass is 10.1. The highest BCUT2D eigenvalue weighted by atomic mass is 35.5. The number of aromatic nitrogens is 2. The number of carbonyl (C=O) groups is 1. The SMILES string of the molecule is O=C(c1nn2c(c1Cl)OCCC2)N1CCN(c2ccc3ccccc3c2)CC1. The van der Waals surface area contributed by atoms with Gasteiger partial charge in [0.25, 0.3) is 5.91 Å². The van der Waals surface area contributed by atoms with Crippen LogP contribution in [0.4, 0.5) is 5.69 Å². The lowest BCUT2D eigenvalue weighted by Gasteiger charge is -2.36. The van der Waals surface area contributed by atoms with Gasteiger partial charge in [0.2, 0.25) is 5.88 Å². The number of halogens is 1. The van der Waals surface area contributed by atoms with E-state index in [1.807, 2.05) is 4.90 Å². The standard InChI is InChI=1S/C21H21ClN4O2/c22-18-19(23-26-8-3-13-28-21(18)26)20(27)25-11-9-24(10-12-25)17-7-6-15-4-1-2-5-16(15)14-17/h1-2,4-7,14H,3,8-13H2. The molecule has 1 fully saturated rings. The van der Waals surface area contributed by atoms with E-state index < -0.39 is 0 Å². The summed E-state index contributed by atoms with van der Waals surface area (Å²) < 4.78 is 7.27. The molecule has 0 bridgehead atoms. The van der Waals surface area contributed by atoms with Gasteiger partial charge in [-0.05, 0) is 22.9 Å². The van der Waals surface area contributed by atoms with E-state index in [0.29, 0.717) is 36.3 Å². The van der Waals surface area contributed by atoms with Crippen LogP contribution in [0.3, 0.4) is 0 Å². The van der Waals surface area contributed by atoms with Crippen LogP contribution in [-0.2, 0) is 6.54 Å². The molecule has 2 aliphatic rings. The van der Waals surface area contributed by atoms with Crippen LogP contribution in [0.25, 0.3) is 10.8 Å². The number of rotatable bonds is 2. The Morgan fingerprint density at radius 1 is 1.00 bits per heavy atom. The van der Waals surface area contributed by atoms with Gasteiger partial charge in [-0.1, -0.05) is 41.9 Å². The zero-order chi connectivity index (χ0) is 19.1. The number of anilines is 1. The van der Waals surface area contributed by atoms with Gasteiger partial charge in [-0.2, -0.15) is 5.10 Å². The van der Waals surface area contributed by atoms with E-state index >= 15 is 0 Å². The van der Waals surface area contributed by atoms with Crippen molar-refractivity contribution < 1.29 is 9.53 Å². The predicted molar refractivity (Wildman–Crippen MR) is 109 cm³/mol. The molecule has 1 aromatic heterocycles. The van der Waals surface area contributed by atoms with Gasteiger partial charge in [0.05, 0.1) is 6.61 Å². The van der Waals surface area contributed by atoms with Gasteiger partial charge in [0.15, 0.2) is 5.69 Å². The first-order valence-electron chi connectivity index (χ1n) is 9.63. The van der Waals surface area contributed by atoms with Crippen LogP contribution in [0.5, 0.6) is 5.88 Å². The Bertz CT molecular complexity index is 1040. The first-order chi connectivity index (χ1) is 13.7. The lowest BCUT2D eigenvalue weighted by molar-refractivity contribution is 0.0740. The van der Waals surface area contributed by atoms with Crippen LogP contribution in [0.2, 0.25) is 5.02 Å². The van der Waals surface area contributed by atoms with Crippen molar-refractivity contribution in [2.75, 3.05) is 37.7 Å². The van der Waals surface area contributed by atoms with Crippen molar-refractivity contribution in [1.29, 1.82) is 0 Å². The minimum Gasteiger partial charge on any atom is -0.477 e. The van der Waals surface area contributed by atoms with Crippen LogP contribution in [0.15, 0.2) is 42.5 Å². The van der Waals surface area contributed by atoms with Crippen molar-refractivity contribution in [3.63, 3.8) is 0 Å². The molecule has 2 aromatic carbocycles. The highest BCUT2D eigenvalue weighted by Gasteiger charge is 2.30. The van der Waals surface area contributed by atoms with E-state index in [-0.39, 0.29) is 5.91 Å². The van der Waals surface area contributed by atoms with Gasteiger partial charge in [-0.15, -0.1) is 0 Å². The van der Waals surface area contributed by atoms with Gasteiger partial charge < -0.3 is 14.5 Å². The molecule has 0 atom stereocenters. The van der Waals surface area contributed by atoms with E-state index in [0.717, 1.165) is 26.1 Å². The second-order valence-corrected chi connectivity index (χ2v) is 7.58. The smallest absolute Gasteiger partial charge is 0.276 e. The number of nitrogens with zero attached hydrogens (tertiary/aromatic N) is 4. The summed E-state index contributed by atoms with van der Waals surface area (Å²) in [5.74, 6) is 0.403. The first kappa shape index (κ1) is 17.4. The van der Waals surface area contributed by atoms with Crippen LogP contribution >= 0.6 is 11.6 Å². The van der Waals surface area contributed by atoms with Crippen molar-refractivity contribution >= 4 is 34.0 Å². The summed E-state index contributed by atoms with van der Waals surface area (Å²) in [7, 11) is 0. The Balaban J connectivity index is 1.30. The first-order valence-corrected chi connectivity index (χ1v) is 10.0. The molecular weight excluding hydrogens is 376 g/mol. The zero-order valence-corrected chi connectivity index (χ0v) is 16.2. The number of ether oxygens (including phenoxy) is 1. The fourth-order valence-electron chi connectivity index (χ4n) is 3.92. The molecule has 0 aliphatic carbocycles. The lowest BCUT2D eigenvalue weighted by Crippen LogP contribution is -2.49. The van der Waals surface area contributed by atoms with E-state index in [1.165, 1.54) is 16.5 Å². The van der Waals surface area contributed by atoms with Crippen molar-refractivity contribution in [3.8, 4) is 5.88 Å². The van der Waals surface area contributed by atoms with Gasteiger partial charge in [-0.25, -0.2) is 4.68 Å². The maximum absolute atomic E-state index is 12.9. The molecule has 0 N–H and O–H groups in total. The second-order valence-electron chi connectivity index (χ2n) is 7.20. The van der Waals surface area contributed by atoms with Crippen LogP contribution in [-0.4, -0.2) is 53.4 Å². The molecule has 7 heteroatoms. The second kappa shape index (κ2) is 7.02.